The van der Waals surface area contributed by atoms with Crippen molar-refractivity contribution in [1.29, 1.82) is 0 Å². The summed E-state index contributed by atoms with van der Waals surface area (Å²) in [4.78, 5) is 15.1. The fourth-order valence-electron chi connectivity index (χ4n) is 6.37. The monoisotopic (exact) mass is 631 g/mol. The molecule has 0 radical (unpaired) electrons. The number of para-hydroxylation sites is 1. The highest BCUT2D eigenvalue weighted by molar-refractivity contribution is 5.94. The van der Waals surface area contributed by atoms with E-state index in [-0.39, 0.29) is 17.6 Å². The summed E-state index contributed by atoms with van der Waals surface area (Å²) in [6, 6.07) is 46.0. The van der Waals surface area contributed by atoms with Gasteiger partial charge in [-0.2, -0.15) is 0 Å². The van der Waals surface area contributed by atoms with Crippen LogP contribution in [0.25, 0.3) is 84.0 Å². The van der Waals surface area contributed by atoms with E-state index in [4.69, 9.17) is 21.8 Å². The molecule has 49 heavy (non-hydrogen) atoms. The van der Waals surface area contributed by atoms with Crippen molar-refractivity contribution in [2.24, 2.45) is 0 Å². The van der Waals surface area contributed by atoms with Crippen LogP contribution >= 0.6 is 0 Å². The Kier molecular flexibility index (Phi) is 5.87. The average molecular weight is 632 g/mol. The van der Waals surface area contributed by atoms with Crippen molar-refractivity contribution in [2.45, 2.75) is 0 Å². The van der Waals surface area contributed by atoms with Gasteiger partial charge in [0.15, 0.2) is 5.82 Å². The van der Waals surface area contributed by atoms with Gasteiger partial charge in [-0.05, 0) is 58.7 Å². The van der Waals surface area contributed by atoms with E-state index < -0.39 is 18.1 Å². The van der Waals surface area contributed by atoms with E-state index in [1.165, 1.54) is 0 Å². The second kappa shape index (κ2) is 12.2. The molecular formula is C45H30N4. The minimum atomic E-state index is -0.437. The lowest BCUT2D eigenvalue weighted by molar-refractivity contribution is 1.19. The second-order valence-corrected chi connectivity index (χ2v) is 11.8. The van der Waals surface area contributed by atoms with Gasteiger partial charge in [0, 0.05) is 33.8 Å². The molecule has 6 aromatic carbocycles. The zero-order valence-corrected chi connectivity index (χ0v) is 26.2. The largest absolute Gasteiger partial charge is 0.299 e. The zero-order valence-electron chi connectivity index (χ0n) is 31.2. The molecule has 0 saturated heterocycles. The third-order valence-electron chi connectivity index (χ3n) is 8.70. The van der Waals surface area contributed by atoms with Crippen molar-refractivity contribution in [1.82, 2.24) is 19.4 Å². The number of rotatable bonds is 6. The molecular weight excluding hydrogens is 597 g/mol. The minimum Gasteiger partial charge on any atom is -0.299 e. The molecule has 3 heterocycles. The fraction of sp³-hybridized carbons (Fsp3) is 0. The highest BCUT2D eigenvalue weighted by Crippen LogP contribution is 2.37. The van der Waals surface area contributed by atoms with Crippen LogP contribution in [0.15, 0.2) is 182 Å². The average Bonchev–Trinajstić information content (AvgIpc) is 3.62. The van der Waals surface area contributed by atoms with E-state index in [0.717, 1.165) is 61.4 Å². The number of pyridine rings is 1. The summed E-state index contributed by atoms with van der Waals surface area (Å²) in [5, 5.41) is 0.910. The highest BCUT2D eigenvalue weighted by Gasteiger charge is 2.17. The van der Waals surface area contributed by atoms with Crippen molar-refractivity contribution in [3.8, 4) is 67.4 Å². The van der Waals surface area contributed by atoms with Crippen molar-refractivity contribution in [2.75, 3.05) is 0 Å². The van der Waals surface area contributed by atoms with Crippen LogP contribution in [0.1, 0.15) is 6.85 Å². The highest BCUT2D eigenvalue weighted by atomic mass is 15.0. The van der Waals surface area contributed by atoms with Crippen molar-refractivity contribution < 1.29 is 6.85 Å². The Bertz CT molecular complexity index is 2840. The predicted molar refractivity (Wildman–Crippen MR) is 201 cm³/mol. The van der Waals surface area contributed by atoms with Gasteiger partial charge in [0.25, 0.3) is 0 Å². The number of benzene rings is 6. The summed E-state index contributed by atoms with van der Waals surface area (Å²) in [7, 11) is 0. The van der Waals surface area contributed by atoms with Crippen LogP contribution in [0, 0.1) is 0 Å². The van der Waals surface area contributed by atoms with E-state index in [1.54, 1.807) is 0 Å². The Balaban J connectivity index is 1.25. The first-order valence-corrected chi connectivity index (χ1v) is 16.0. The van der Waals surface area contributed by atoms with Gasteiger partial charge in [-0.15, -0.1) is 0 Å². The topological polar surface area (TPSA) is 43.1 Å². The predicted octanol–water partition coefficient (Wildman–Crippen LogP) is 11.3. The third-order valence-corrected chi connectivity index (χ3v) is 8.70. The van der Waals surface area contributed by atoms with Gasteiger partial charge in [0.05, 0.1) is 29.5 Å². The maximum absolute atomic E-state index is 8.83. The maximum atomic E-state index is 8.83. The maximum Gasteiger partial charge on any atom is 0.160 e. The van der Waals surface area contributed by atoms with Gasteiger partial charge in [0.2, 0.25) is 0 Å². The van der Waals surface area contributed by atoms with Gasteiger partial charge in [-0.25, -0.2) is 15.0 Å². The molecule has 9 rings (SSSR count). The summed E-state index contributed by atoms with van der Waals surface area (Å²) >= 11 is 0. The van der Waals surface area contributed by atoms with Crippen LogP contribution in [-0.4, -0.2) is 19.4 Å². The van der Waals surface area contributed by atoms with E-state index in [1.807, 2.05) is 128 Å². The van der Waals surface area contributed by atoms with Crippen molar-refractivity contribution in [3.05, 3.63) is 182 Å². The first kappa shape index (κ1) is 23.6. The van der Waals surface area contributed by atoms with Gasteiger partial charge in [-0.3, -0.25) is 4.40 Å². The molecule has 0 fully saturated rings. The lowest BCUT2D eigenvalue weighted by Crippen LogP contribution is -1.96. The molecule has 0 spiro atoms. The molecule has 0 unspecified atom stereocenters. The quantitative estimate of drug-likeness (QED) is 0.183. The number of nitrogens with zero attached hydrogens (tertiary/aromatic N) is 4. The molecule has 4 nitrogen and oxygen atoms in total. The summed E-state index contributed by atoms with van der Waals surface area (Å²) in [5.41, 5.74) is 10.0. The van der Waals surface area contributed by atoms with Crippen molar-refractivity contribution >= 4 is 16.6 Å². The van der Waals surface area contributed by atoms with Crippen LogP contribution in [-0.2, 0) is 0 Å². The Morgan fingerprint density at radius 1 is 0.429 bits per heavy atom. The van der Waals surface area contributed by atoms with Gasteiger partial charge < -0.3 is 0 Å². The summed E-state index contributed by atoms with van der Waals surface area (Å²) in [5.74, 6) is 0.456. The number of imidazole rings is 1. The zero-order chi connectivity index (χ0) is 36.9. The number of hydrogen-bond acceptors (Lipinski definition) is 3. The lowest BCUT2D eigenvalue weighted by Gasteiger charge is -2.13. The van der Waals surface area contributed by atoms with E-state index in [9.17, 15) is 0 Å². The first-order chi connectivity index (χ1) is 26.4. The molecule has 4 heteroatoms. The molecule has 0 saturated carbocycles. The summed E-state index contributed by atoms with van der Waals surface area (Å²) < 4.78 is 44.8. The molecule has 0 amide bonds. The molecule has 0 N–H and O–H groups in total. The second-order valence-electron chi connectivity index (χ2n) is 11.8. The molecule has 3 aromatic heterocycles. The molecule has 0 aliphatic carbocycles. The molecule has 9 aromatic rings. The number of fused-ring (bicyclic) bond motifs is 2. The van der Waals surface area contributed by atoms with Gasteiger partial charge in [0.1, 0.15) is 5.65 Å². The number of aromatic nitrogens is 4. The summed E-state index contributed by atoms with van der Waals surface area (Å²) in [6.45, 7) is 0. The first-order valence-electron chi connectivity index (χ1n) is 18.5. The number of hydrogen-bond donors (Lipinski definition) is 0. The minimum absolute atomic E-state index is 0.114. The van der Waals surface area contributed by atoms with Crippen LogP contribution in [0.5, 0.6) is 0 Å². The van der Waals surface area contributed by atoms with Crippen molar-refractivity contribution in [3.63, 3.8) is 0 Å². The Hall–Kier alpha value is -6.65. The third kappa shape index (κ3) is 5.35. The molecule has 0 aliphatic rings. The molecule has 0 bridgehead atoms. The standard InChI is InChI=1S/C45H30N4/c1-4-14-31(15-5-1)36-28-37(30-38(29-36)45-46-40-21-11-10-20-39(40)42(48-45)33-16-6-2-7-17-33)32-23-25-35(26-24-32)44-43(34-18-8-3-9-19-34)47-41-22-12-13-27-49(41)44/h1-30H/i1D,4D,5D,14D,15D. The fourth-order valence-corrected chi connectivity index (χ4v) is 6.37. The summed E-state index contributed by atoms with van der Waals surface area (Å²) in [6.07, 6.45) is 2.02. The van der Waals surface area contributed by atoms with Crippen LogP contribution in [0.2, 0.25) is 0 Å². The Morgan fingerprint density at radius 2 is 1.04 bits per heavy atom. The van der Waals surface area contributed by atoms with E-state index >= 15 is 0 Å². The lowest BCUT2D eigenvalue weighted by atomic mass is 9.94. The Morgan fingerprint density at radius 3 is 1.80 bits per heavy atom. The smallest absolute Gasteiger partial charge is 0.160 e. The SMILES string of the molecule is [2H]c1c([2H])c([2H])c(-c2cc(-c3ccc(-c4c(-c5ccccc5)nc5ccccn45)cc3)cc(-c3nc(-c4ccccc4)c4ccccc4n3)c2)c([2H])c1[2H]. The van der Waals surface area contributed by atoms with Crippen LogP contribution in [0.4, 0.5) is 0 Å². The van der Waals surface area contributed by atoms with Crippen LogP contribution < -0.4 is 0 Å². The van der Waals surface area contributed by atoms with Gasteiger partial charge in [-0.1, -0.05) is 139 Å². The van der Waals surface area contributed by atoms with E-state index in [2.05, 4.69) is 28.7 Å². The molecule has 230 valence electrons. The van der Waals surface area contributed by atoms with E-state index in [0.29, 0.717) is 17.0 Å². The Labute approximate surface area is 291 Å². The molecule has 0 atom stereocenters. The normalized spacial score (nSPS) is 12.7. The van der Waals surface area contributed by atoms with Crippen LogP contribution in [0.3, 0.4) is 0 Å². The molecule has 0 aliphatic heterocycles. The van der Waals surface area contributed by atoms with Gasteiger partial charge >= 0.3 is 0 Å².